The van der Waals surface area contributed by atoms with Crippen LogP contribution in [0.4, 0.5) is 0 Å². The maximum atomic E-state index is 11.9. The molecule has 0 heterocycles. The standard InChI is InChI=1S/C17H29N3O6/c1-3-5-10-18-15(23)8-6-12(11-21)19-16(24)9-7-13(17(25)26)20-14(22)4-2/h11-13H,3-10H2,1-2H3,(H,18,23)(H,19,24)(H,20,22)(H,25,26)/t12-,13?/m0/s1. The Balaban J connectivity index is 4.27. The number of carboxylic acid groups (broad SMARTS) is 1. The molecule has 4 N–H and O–H groups in total. The number of nitrogens with one attached hydrogen (secondary N) is 3. The summed E-state index contributed by atoms with van der Waals surface area (Å²) in [6.45, 7) is 4.17. The average Bonchev–Trinajstić information content (AvgIpc) is 2.61. The average molecular weight is 371 g/mol. The van der Waals surface area contributed by atoms with E-state index in [1.54, 1.807) is 6.92 Å². The van der Waals surface area contributed by atoms with Crippen LogP contribution < -0.4 is 16.0 Å². The molecule has 0 rings (SSSR count). The van der Waals surface area contributed by atoms with Gasteiger partial charge in [-0.3, -0.25) is 14.4 Å². The molecule has 1 unspecified atom stereocenters. The molecule has 0 bridgehead atoms. The summed E-state index contributed by atoms with van der Waals surface area (Å²) in [6.07, 6.45) is 2.56. The lowest BCUT2D eigenvalue weighted by Gasteiger charge is -2.16. The van der Waals surface area contributed by atoms with Gasteiger partial charge in [-0.15, -0.1) is 0 Å². The van der Waals surface area contributed by atoms with Gasteiger partial charge in [0.25, 0.3) is 0 Å². The van der Waals surface area contributed by atoms with Gasteiger partial charge >= 0.3 is 5.97 Å². The van der Waals surface area contributed by atoms with Gasteiger partial charge in [0.1, 0.15) is 12.3 Å². The Morgan fingerprint density at radius 3 is 2.15 bits per heavy atom. The van der Waals surface area contributed by atoms with Gasteiger partial charge in [0.2, 0.25) is 17.7 Å². The van der Waals surface area contributed by atoms with Crippen LogP contribution >= 0.6 is 0 Å². The van der Waals surface area contributed by atoms with Crippen LogP contribution in [0.3, 0.4) is 0 Å². The summed E-state index contributed by atoms with van der Waals surface area (Å²) in [6, 6.07) is -1.97. The second-order valence-corrected chi connectivity index (χ2v) is 5.90. The molecule has 26 heavy (non-hydrogen) atoms. The lowest BCUT2D eigenvalue weighted by atomic mass is 10.1. The van der Waals surface area contributed by atoms with E-state index in [4.69, 9.17) is 5.11 Å². The zero-order valence-corrected chi connectivity index (χ0v) is 15.4. The molecule has 0 aliphatic carbocycles. The van der Waals surface area contributed by atoms with E-state index in [0.29, 0.717) is 12.8 Å². The normalized spacial score (nSPS) is 12.5. The molecular formula is C17H29N3O6. The van der Waals surface area contributed by atoms with Crippen LogP contribution in [0.15, 0.2) is 0 Å². The molecule has 9 nitrogen and oxygen atoms in total. The summed E-state index contributed by atoms with van der Waals surface area (Å²) in [7, 11) is 0. The number of aldehydes is 1. The van der Waals surface area contributed by atoms with E-state index in [9.17, 15) is 24.0 Å². The van der Waals surface area contributed by atoms with Crippen molar-refractivity contribution in [1.82, 2.24) is 16.0 Å². The fourth-order valence-corrected chi connectivity index (χ4v) is 2.06. The fourth-order valence-electron chi connectivity index (χ4n) is 2.06. The van der Waals surface area contributed by atoms with Crippen molar-refractivity contribution in [3.8, 4) is 0 Å². The molecule has 0 aliphatic rings. The van der Waals surface area contributed by atoms with E-state index in [2.05, 4.69) is 16.0 Å². The van der Waals surface area contributed by atoms with E-state index < -0.39 is 29.9 Å². The van der Waals surface area contributed by atoms with E-state index in [1.807, 2.05) is 6.92 Å². The SMILES string of the molecule is CCCCNC(=O)CC[C@@H](C=O)NC(=O)CCC(NC(=O)CC)C(=O)O. The van der Waals surface area contributed by atoms with Gasteiger partial charge in [-0.2, -0.15) is 0 Å². The minimum Gasteiger partial charge on any atom is -0.480 e. The topological polar surface area (TPSA) is 142 Å². The van der Waals surface area contributed by atoms with Crippen molar-refractivity contribution in [1.29, 1.82) is 0 Å². The highest BCUT2D eigenvalue weighted by atomic mass is 16.4. The Hall–Kier alpha value is -2.45. The molecule has 148 valence electrons. The van der Waals surface area contributed by atoms with Crippen LogP contribution in [0.2, 0.25) is 0 Å². The summed E-state index contributed by atoms with van der Waals surface area (Å²) < 4.78 is 0. The Labute approximate surface area is 153 Å². The molecule has 0 spiro atoms. The Morgan fingerprint density at radius 1 is 0.962 bits per heavy atom. The second kappa shape index (κ2) is 13.8. The van der Waals surface area contributed by atoms with E-state index in [0.717, 1.165) is 12.8 Å². The third-order valence-corrected chi connectivity index (χ3v) is 3.66. The van der Waals surface area contributed by atoms with Crippen LogP contribution in [-0.4, -0.2) is 53.7 Å². The molecule has 3 amide bonds. The van der Waals surface area contributed by atoms with Crippen LogP contribution in [0.25, 0.3) is 0 Å². The highest BCUT2D eigenvalue weighted by molar-refractivity contribution is 5.85. The molecule has 0 fully saturated rings. The van der Waals surface area contributed by atoms with E-state index in [-0.39, 0.29) is 38.0 Å². The summed E-state index contributed by atoms with van der Waals surface area (Å²) in [5.74, 6) is -2.34. The molecule has 0 aromatic rings. The van der Waals surface area contributed by atoms with Crippen molar-refractivity contribution in [2.24, 2.45) is 0 Å². The first-order valence-electron chi connectivity index (χ1n) is 8.87. The molecule has 0 aliphatic heterocycles. The first-order chi connectivity index (χ1) is 12.3. The van der Waals surface area contributed by atoms with Gasteiger partial charge in [-0.1, -0.05) is 20.3 Å². The maximum absolute atomic E-state index is 11.9. The third-order valence-electron chi connectivity index (χ3n) is 3.66. The minimum absolute atomic E-state index is 0.0873. The largest absolute Gasteiger partial charge is 0.480 e. The Kier molecular flexibility index (Phi) is 12.5. The van der Waals surface area contributed by atoms with Gasteiger partial charge in [0, 0.05) is 25.8 Å². The number of amides is 3. The van der Waals surface area contributed by atoms with Crippen molar-refractivity contribution in [3.63, 3.8) is 0 Å². The fraction of sp³-hybridized carbons (Fsp3) is 0.706. The number of rotatable bonds is 14. The molecule has 9 heteroatoms. The molecule has 0 saturated carbocycles. The summed E-state index contributed by atoms with van der Waals surface area (Å²) in [5.41, 5.74) is 0. The monoisotopic (exact) mass is 371 g/mol. The lowest BCUT2D eigenvalue weighted by molar-refractivity contribution is -0.142. The van der Waals surface area contributed by atoms with E-state index >= 15 is 0 Å². The molecule has 0 radical (unpaired) electrons. The quantitative estimate of drug-likeness (QED) is 0.252. The van der Waals surface area contributed by atoms with Crippen LogP contribution in [0, 0.1) is 0 Å². The zero-order valence-electron chi connectivity index (χ0n) is 15.4. The molecule has 0 saturated heterocycles. The number of hydrogen-bond acceptors (Lipinski definition) is 5. The highest BCUT2D eigenvalue weighted by Gasteiger charge is 2.21. The highest BCUT2D eigenvalue weighted by Crippen LogP contribution is 2.01. The van der Waals surface area contributed by atoms with Gasteiger partial charge in [-0.25, -0.2) is 4.79 Å². The second-order valence-electron chi connectivity index (χ2n) is 5.90. The van der Waals surface area contributed by atoms with E-state index in [1.165, 1.54) is 0 Å². The Morgan fingerprint density at radius 2 is 1.62 bits per heavy atom. The number of carboxylic acids is 1. The van der Waals surface area contributed by atoms with Crippen LogP contribution in [0.1, 0.15) is 58.8 Å². The Bertz CT molecular complexity index is 495. The molecular weight excluding hydrogens is 342 g/mol. The molecule has 2 atom stereocenters. The van der Waals surface area contributed by atoms with Crippen LogP contribution in [-0.2, 0) is 24.0 Å². The van der Waals surface area contributed by atoms with Crippen molar-refractivity contribution in [2.75, 3.05) is 6.54 Å². The zero-order chi connectivity index (χ0) is 19.9. The first-order valence-corrected chi connectivity index (χ1v) is 8.87. The molecule has 0 aromatic carbocycles. The van der Waals surface area contributed by atoms with Crippen molar-refractivity contribution in [3.05, 3.63) is 0 Å². The van der Waals surface area contributed by atoms with Crippen molar-refractivity contribution in [2.45, 2.75) is 70.9 Å². The minimum atomic E-state index is -1.23. The lowest BCUT2D eigenvalue weighted by Crippen LogP contribution is -2.42. The number of aliphatic carboxylic acids is 1. The van der Waals surface area contributed by atoms with Gasteiger partial charge in [-0.05, 0) is 19.3 Å². The van der Waals surface area contributed by atoms with Gasteiger partial charge in [0.15, 0.2) is 0 Å². The summed E-state index contributed by atoms with van der Waals surface area (Å²) in [4.78, 5) is 56.9. The first kappa shape index (κ1) is 23.5. The molecule has 0 aromatic heterocycles. The number of carbonyl (C=O) groups excluding carboxylic acids is 4. The van der Waals surface area contributed by atoms with Crippen molar-refractivity contribution >= 4 is 30.0 Å². The van der Waals surface area contributed by atoms with Crippen LogP contribution in [0.5, 0.6) is 0 Å². The summed E-state index contributed by atoms with van der Waals surface area (Å²) >= 11 is 0. The summed E-state index contributed by atoms with van der Waals surface area (Å²) in [5, 5.41) is 16.5. The third kappa shape index (κ3) is 11.2. The number of hydrogen-bond donors (Lipinski definition) is 4. The predicted molar refractivity (Wildman–Crippen MR) is 94.2 cm³/mol. The number of unbranched alkanes of at least 4 members (excludes halogenated alkanes) is 1. The van der Waals surface area contributed by atoms with Gasteiger partial charge in [0.05, 0.1) is 6.04 Å². The smallest absolute Gasteiger partial charge is 0.326 e. The maximum Gasteiger partial charge on any atom is 0.326 e. The van der Waals surface area contributed by atoms with Crippen molar-refractivity contribution < 1.29 is 29.1 Å². The predicted octanol–water partition coefficient (Wildman–Crippen LogP) is 0.126. The number of carbonyl (C=O) groups is 5. The van der Waals surface area contributed by atoms with Gasteiger partial charge < -0.3 is 25.9 Å².